The smallest absolute Gasteiger partial charge is 0.0575 e. The van der Waals surface area contributed by atoms with Gasteiger partial charge in [-0.2, -0.15) is 0 Å². The summed E-state index contributed by atoms with van der Waals surface area (Å²) in [6.45, 7) is 1.59. The predicted octanol–water partition coefficient (Wildman–Crippen LogP) is 2.94. The van der Waals surface area contributed by atoms with E-state index in [0.717, 1.165) is 5.75 Å². The summed E-state index contributed by atoms with van der Waals surface area (Å²) in [5, 5.41) is 11.9. The monoisotopic (exact) mass is 260 g/mol. The number of hydrogen-bond donors (Lipinski definition) is 1. The Hall–Kier alpha value is -1.03. The van der Waals surface area contributed by atoms with Crippen molar-refractivity contribution in [1.29, 1.82) is 0 Å². The summed E-state index contributed by atoms with van der Waals surface area (Å²) in [6, 6.07) is 14.9. The molecule has 18 heavy (non-hydrogen) atoms. The molecule has 1 aliphatic heterocycles. The Morgan fingerprint density at radius 2 is 1.89 bits per heavy atom. The van der Waals surface area contributed by atoms with E-state index in [9.17, 15) is 5.11 Å². The lowest BCUT2D eigenvalue weighted by Gasteiger charge is -2.39. The van der Waals surface area contributed by atoms with Gasteiger partial charge in [0.25, 0.3) is 0 Å². The Labute approximate surface area is 111 Å². The van der Waals surface area contributed by atoms with Gasteiger partial charge in [-0.1, -0.05) is 30.3 Å². The first-order chi connectivity index (χ1) is 8.81. The van der Waals surface area contributed by atoms with Crippen LogP contribution in [0.5, 0.6) is 0 Å². The summed E-state index contributed by atoms with van der Waals surface area (Å²) in [5.41, 5.74) is -0.0175. The maximum Gasteiger partial charge on any atom is 0.0575 e. The second-order valence-electron chi connectivity index (χ2n) is 4.95. The summed E-state index contributed by atoms with van der Waals surface area (Å²) in [6.07, 6.45) is 0. The third-order valence-electron chi connectivity index (χ3n) is 3.42. The van der Waals surface area contributed by atoms with E-state index in [0.29, 0.717) is 13.2 Å². The van der Waals surface area contributed by atoms with Crippen molar-refractivity contribution in [3.05, 3.63) is 42.5 Å². The van der Waals surface area contributed by atoms with E-state index in [1.807, 2.05) is 0 Å². The molecular weight excluding hydrogens is 244 g/mol. The highest BCUT2D eigenvalue weighted by molar-refractivity contribution is 7.99. The van der Waals surface area contributed by atoms with Crippen molar-refractivity contribution in [2.24, 2.45) is 5.41 Å². The maximum atomic E-state index is 9.39. The molecule has 0 atom stereocenters. The normalized spacial score (nSPS) is 17.6. The molecule has 1 N–H and O–H groups in total. The molecule has 2 aromatic rings. The van der Waals surface area contributed by atoms with Gasteiger partial charge >= 0.3 is 0 Å². The van der Waals surface area contributed by atoms with Crippen LogP contribution in [0.1, 0.15) is 0 Å². The van der Waals surface area contributed by atoms with Crippen molar-refractivity contribution in [2.45, 2.75) is 4.90 Å². The van der Waals surface area contributed by atoms with Crippen molar-refractivity contribution in [3.8, 4) is 0 Å². The van der Waals surface area contributed by atoms with Crippen LogP contribution in [0.4, 0.5) is 0 Å². The largest absolute Gasteiger partial charge is 0.396 e. The number of rotatable bonds is 4. The topological polar surface area (TPSA) is 29.5 Å². The second kappa shape index (κ2) is 4.92. The zero-order valence-corrected chi connectivity index (χ0v) is 11.0. The number of aliphatic hydroxyl groups excluding tert-OH is 1. The van der Waals surface area contributed by atoms with Crippen LogP contribution in [0.15, 0.2) is 47.4 Å². The molecule has 2 nitrogen and oxygen atoms in total. The third-order valence-corrected chi connectivity index (χ3v) is 4.76. The number of aliphatic hydroxyl groups is 1. The van der Waals surface area contributed by atoms with Crippen LogP contribution in [0, 0.1) is 5.41 Å². The van der Waals surface area contributed by atoms with Gasteiger partial charge in [0, 0.05) is 16.1 Å². The van der Waals surface area contributed by atoms with Gasteiger partial charge in [0.15, 0.2) is 0 Å². The zero-order chi connectivity index (χ0) is 12.4. The average Bonchev–Trinajstić information content (AvgIpc) is 2.38. The first-order valence-corrected chi connectivity index (χ1v) is 7.10. The van der Waals surface area contributed by atoms with E-state index >= 15 is 0 Å². The summed E-state index contributed by atoms with van der Waals surface area (Å²) in [5.74, 6) is 0.918. The van der Waals surface area contributed by atoms with E-state index in [2.05, 4.69) is 42.5 Å². The van der Waals surface area contributed by atoms with Gasteiger partial charge in [0.2, 0.25) is 0 Å². The van der Waals surface area contributed by atoms with Gasteiger partial charge < -0.3 is 9.84 Å². The van der Waals surface area contributed by atoms with Gasteiger partial charge in [0.1, 0.15) is 0 Å². The Kier molecular flexibility index (Phi) is 3.29. The van der Waals surface area contributed by atoms with Crippen molar-refractivity contribution in [1.82, 2.24) is 0 Å². The van der Waals surface area contributed by atoms with E-state index in [1.54, 1.807) is 11.8 Å². The van der Waals surface area contributed by atoms with Gasteiger partial charge in [-0.3, -0.25) is 0 Å². The lowest BCUT2D eigenvalue weighted by atomic mass is 9.90. The molecule has 1 saturated heterocycles. The van der Waals surface area contributed by atoms with E-state index in [4.69, 9.17) is 4.74 Å². The molecule has 0 radical (unpaired) electrons. The van der Waals surface area contributed by atoms with Crippen LogP contribution >= 0.6 is 11.8 Å². The molecular formula is C15H16O2S. The van der Waals surface area contributed by atoms with E-state index in [1.165, 1.54) is 15.7 Å². The van der Waals surface area contributed by atoms with Crippen LogP contribution in [0.3, 0.4) is 0 Å². The molecule has 94 valence electrons. The van der Waals surface area contributed by atoms with Gasteiger partial charge in [-0.05, 0) is 22.9 Å². The minimum absolute atomic E-state index is 0.0175. The summed E-state index contributed by atoms with van der Waals surface area (Å²) < 4.78 is 5.21. The number of benzene rings is 2. The van der Waals surface area contributed by atoms with Crippen LogP contribution in [-0.2, 0) is 4.74 Å². The lowest BCUT2D eigenvalue weighted by Crippen LogP contribution is -2.47. The number of fused-ring (bicyclic) bond motifs is 1. The molecule has 1 fully saturated rings. The minimum Gasteiger partial charge on any atom is -0.396 e. The van der Waals surface area contributed by atoms with E-state index < -0.39 is 0 Å². The Bertz CT molecular complexity index is 543. The average molecular weight is 260 g/mol. The highest BCUT2D eigenvalue weighted by Gasteiger charge is 2.37. The van der Waals surface area contributed by atoms with E-state index in [-0.39, 0.29) is 12.0 Å². The Morgan fingerprint density at radius 3 is 2.56 bits per heavy atom. The molecule has 0 saturated carbocycles. The molecule has 2 aromatic carbocycles. The first-order valence-electron chi connectivity index (χ1n) is 6.12. The van der Waals surface area contributed by atoms with Crippen molar-refractivity contribution < 1.29 is 9.84 Å². The fraction of sp³-hybridized carbons (Fsp3) is 0.333. The Balaban J connectivity index is 1.74. The molecule has 0 bridgehead atoms. The molecule has 0 unspecified atom stereocenters. The quantitative estimate of drug-likeness (QED) is 0.857. The lowest BCUT2D eigenvalue weighted by molar-refractivity contribution is -0.121. The van der Waals surface area contributed by atoms with Crippen molar-refractivity contribution in [3.63, 3.8) is 0 Å². The third kappa shape index (κ3) is 2.26. The van der Waals surface area contributed by atoms with Crippen molar-refractivity contribution in [2.75, 3.05) is 25.6 Å². The van der Waals surface area contributed by atoms with Crippen molar-refractivity contribution >= 4 is 22.5 Å². The SMILES string of the molecule is OCC1(CSc2ccc3ccccc3c2)COC1. The molecule has 3 heteroatoms. The van der Waals surface area contributed by atoms with Gasteiger partial charge in [-0.15, -0.1) is 11.8 Å². The first kappa shape index (κ1) is 12.0. The summed E-state index contributed by atoms with van der Waals surface area (Å²) >= 11 is 1.80. The highest BCUT2D eigenvalue weighted by atomic mass is 32.2. The van der Waals surface area contributed by atoms with Crippen LogP contribution in [-0.4, -0.2) is 30.7 Å². The number of ether oxygens (including phenoxy) is 1. The molecule has 3 rings (SSSR count). The number of hydrogen-bond acceptors (Lipinski definition) is 3. The zero-order valence-electron chi connectivity index (χ0n) is 10.1. The maximum absolute atomic E-state index is 9.39. The number of thioether (sulfide) groups is 1. The summed E-state index contributed by atoms with van der Waals surface area (Å²) in [7, 11) is 0. The van der Waals surface area contributed by atoms with Crippen LogP contribution < -0.4 is 0 Å². The minimum atomic E-state index is -0.0175. The van der Waals surface area contributed by atoms with Crippen LogP contribution in [0.25, 0.3) is 10.8 Å². The fourth-order valence-corrected chi connectivity index (χ4v) is 3.21. The molecule has 0 spiro atoms. The predicted molar refractivity (Wildman–Crippen MR) is 75.0 cm³/mol. The molecule has 1 aliphatic rings. The highest BCUT2D eigenvalue weighted by Crippen LogP contribution is 2.34. The second-order valence-corrected chi connectivity index (χ2v) is 6.00. The standard InChI is InChI=1S/C15H16O2S/c16-8-15(9-17-10-15)11-18-14-6-5-12-3-1-2-4-13(12)7-14/h1-7,16H,8-11H2. The van der Waals surface area contributed by atoms with Crippen LogP contribution in [0.2, 0.25) is 0 Å². The molecule has 0 amide bonds. The molecule has 0 aromatic heterocycles. The molecule has 0 aliphatic carbocycles. The fourth-order valence-electron chi connectivity index (χ4n) is 2.10. The van der Waals surface area contributed by atoms with Gasteiger partial charge in [-0.25, -0.2) is 0 Å². The molecule has 1 heterocycles. The summed E-state index contributed by atoms with van der Waals surface area (Å²) in [4.78, 5) is 1.26. The Morgan fingerprint density at radius 1 is 1.11 bits per heavy atom. The van der Waals surface area contributed by atoms with Gasteiger partial charge in [0.05, 0.1) is 19.8 Å².